The monoisotopic (exact) mass is 357 g/mol. The molecule has 3 aromatic rings. The predicted molar refractivity (Wildman–Crippen MR) is 96.7 cm³/mol. The molecule has 7 nitrogen and oxygen atoms in total. The van der Waals surface area contributed by atoms with Gasteiger partial charge in [-0.15, -0.1) is 10.2 Å². The molecule has 3 heterocycles. The normalized spacial score (nSPS) is 15.2. The fourth-order valence-corrected chi connectivity index (χ4v) is 3.73. The van der Waals surface area contributed by atoms with Crippen molar-refractivity contribution in [2.75, 3.05) is 32.1 Å². The summed E-state index contributed by atoms with van der Waals surface area (Å²) in [7, 11) is 1.97. The van der Waals surface area contributed by atoms with Crippen LogP contribution in [-0.4, -0.2) is 62.6 Å². The smallest absolute Gasteiger partial charge is 0.233 e. The number of aromatic nitrogens is 4. The standard InChI is InChI=1S/C17H19N5O2S/c1-11-3-4-13-12(9-11)15-16(21(13)2)18-17(20-19-15)25-10-14(23)22-5-7-24-8-6-22/h3-4,9H,5-8,10H2,1-2H3. The van der Waals surface area contributed by atoms with Crippen LogP contribution in [-0.2, 0) is 16.6 Å². The Labute approximate surface area is 149 Å². The second-order valence-corrected chi connectivity index (χ2v) is 7.07. The van der Waals surface area contributed by atoms with Crippen LogP contribution in [0.5, 0.6) is 0 Å². The highest BCUT2D eigenvalue weighted by atomic mass is 32.2. The SMILES string of the molecule is Cc1ccc2c(c1)c1nnc(SCC(=O)N3CCOCC3)nc1n2C. The van der Waals surface area contributed by atoms with Gasteiger partial charge in [0.2, 0.25) is 11.1 Å². The molecule has 8 heteroatoms. The van der Waals surface area contributed by atoms with Crippen LogP contribution in [0.25, 0.3) is 22.1 Å². The maximum absolute atomic E-state index is 12.2. The maximum Gasteiger partial charge on any atom is 0.233 e. The largest absolute Gasteiger partial charge is 0.378 e. The average molecular weight is 357 g/mol. The summed E-state index contributed by atoms with van der Waals surface area (Å²) in [5.41, 5.74) is 3.84. The van der Waals surface area contributed by atoms with Gasteiger partial charge < -0.3 is 14.2 Å². The van der Waals surface area contributed by atoms with Gasteiger partial charge in [0.1, 0.15) is 5.52 Å². The van der Waals surface area contributed by atoms with Crippen LogP contribution in [0.2, 0.25) is 0 Å². The van der Waals surface area contributed by atoms with E-state index in [1.165, 1.54) is 17.3 Å². The number of aryl methyl sites for hydroxylation is 2. The highest BCUT2D eigenvalue weighted by Gasteiger charge is 2.18. The van der Waals surface area contributed by atoms with E-state index in [0.717, 1.165) is 22.1 Å². The number of hydrogen-bond acceptors (Lipinski definition) is 6. The van der Waals surface area contributed by atoms with Crippen molar-refractivity contribution in [2.24, 2.45) is 7.05 Å². The highest BCUT2D eigenvalue weighted by Crippen LogP contribution is 2.27. The van der Waals surface area contributed by atoms with Gasteiger partial charge in [0.25, 0.3) is 0 Å². The van der Waals surface area contributed by atoms with E-state index in [2.05, 4.69) is 40.3 Å². The molecule has 1 aliphatic heterocycles. The van der Waals surface area contributed by atoms with Crippen molar-refractivity contribution >= 4 is 39.7 Å². The van der Waals surface area contributed by atoms with Crippen LogP contribution in [0.1, 0.15) is 5.56 Å². The number of amides is 1. The second-order valence-electron chi connectivity index (χ2n) is 6.13. The number of rotatable bonds is 3. The number of thioether (sulfide) groups is 1. The first kappa shape index (κ1) is 16.3. The molecule has 0 saturated carbocycles. The molecule has 0 aliphatic carbocycles. The van der Waals surface area contributed by atoms with E-state index >= 15 is 0 Å². The van der Waals surface area contributed by atoms with Gasteiger partial charge in [-0.05, 0) is 19.1 Å². The number of fused-ring (bicyclic) bond motifs is 3. The molecule has 1 saturated heterocycles. The van der Waals surface area contributed by atoms with Crippen molar-refractivity contribution in [3.8, 4) is 0 Å². The Bertz CT molecular complexity index is 949. The zero-order chi connectivity index (χ0) is 17.4. The Morgan fingerprint density at radius 2 is 2.08 bits per heavy atom. The summed E-state index contributed by atoms with van der Waals surface area (Å²) in [5, 5.41) is 10.2. The van der Waals surface area contributed by atoms with Gasteiger partial charge >= 0.3 is 0 Å². The third-order valence-corrected chi connectivity index (χ3v) is 5.25. The lowest BCUT2D eigenvalue weighted by Gasteiger charge is -2.26. The van der Waals surface area contributed by atoms with Crippen molar-refractivity contribution in [1.82, 2.24) is 24.6 Å². The fourth-order valence-electron chi connectivity index (χ4n) is 3.05. The Kier molecular flexibility index (Phi) is 4.30. The van der Waals surface area contributed by atoms with Gasteiger partial charge in [-0.2, -0.15) is 0 Å². The van der Waals surface area contributed by atoms with Crippen molar-refractivity contribution in [3.63, 3.8) is 0 Å². The molecule has 0 unspecified atom stereocenters. The average Bonchev–Trinajstić information content (AvgIpc) is 2.92. The molecule has 25 heavy (non-hydrogen) atoms. The van der Waals surface area contributed by atoms with Gasteiger partial charge in [0.05, 0.1) is 24.5 Å². The molecule has 0 atom stereocenters. The molecule has 2 aromatic heterocycles. The predicted octanol–water partition coefficient (Wildman–Crippen LogP) is 1.78. The first-order valence-electron chi connectivity index (χ1n) is 8.21. The van der Waals surface area contributed by atoms with E-state index in [0.29, 0.717) is 37.2 Å². The van der Waals surface area contributed by atoms with Crippen LogP contribution in [0, 0.1) is 6.92 Å². The number of ether oxygens (including phenoxy) is 1. The third kappa shape index (κ3) is 3.07. The Balaban J connectivity index is 1.57. The van der Waals surface area contributed by atoms with Crippen molar-refractivity contribution < 1.29 is 9.53 Å². The number of carbonyl (C=O) groups excluding carboxylic acids is 1. The van der Waals surface area contributed by atoms with Crippen LogP contribution < -0.4 is 0 Å². The molecule has 1 aromatic carbocycles. The third-order valence-electron chi connectivity index (χ3n) is 4.42. The summed E-state index contributed by atoms with van der Waals surface area (Å²) < 4.78 is 7.29. The molecular weight excluding hydrogens is 338 g/mol. The summed E-state index contributed by atoms with van der Waals surface area (Å²) in [6.07, 6.45) is 0. The topological polar surface area (TPSA) is 73.1 Å². The quantitative estimate of drug-likeness (QED) is 0.665. The maximum atomic E-state index is 12.2. The van der Waals surface area contributed by atoms with Gasteiger partial charge in [-0.3, -0.25) is 4.79 Å². The molecule has 130 valence electrons. The molecule has 1 amide bonds. The zero-order valence-corrected chi connectivity index (χ0v) is 15.0. The van der Waals surface area contributed by atoms with Crippen LogP contribution in [0.3, 0.4) is 0 Å². The summed E-state index contributed by atoms with van der Waals surface area (Å²) in [4.78, 5) is 18.7. The summed E-state index contributed by atoms with van der Waals surface area (Å²) in [6, 6.07) is 6.25. The first-order valence-corrected chi connectivity index (χ1v) is 9.20. The summed E-state index contributed by atoms with van der Waals surface area (Å²) in [6.45, 7) is 4.58. The summed E-state index contributed by atoms with van der Waals surface area (Å²) >= 11 is 1.33. The zero-order valence-electron chi connectivity index (χ0n) is 14.2. The number of carbonyl (C=O) groups is 1. The van der Waals surface area contributed by atoms with E-state index in [1.54, 1.807) is 0 Å². The molecule has 0 radical (unpaired) electrons. The lowest BCUT2D eigenvalue weighted by atomic mass is 10.2. The molecule has 0 N–H and O–H groups in total. The second kappa shape index (κ2) is 6.61. The van der Waals surface area contributed by atoms with E-state index in [4.69, 9.17) is 4.74 Å². The van der Waals surface area contributed by atoms with E-state index < -0.39 is 0 Å². The number of hydrogen-bond donors (Lipinski definition) is 0. The summed E-state index contributed by atoms with van der Waals surface area (Å²) in [5.74, 6) is 0.403. The molecule has 0 spiro atoms. The van der Waals surface area contributed by atoms with Gasteiger partial charge in [0.15, 0.2) is 5.65 Å². The minimum absolute atomic E-state index is 0.0877. The lowest BCUT2D eigenvalue weighted by Crippen LogP contribution is -2.41. The first-order chi connectivity index (χ1) is 12.1. The number of nitrogens with zero attached hydrogens (tertiary/aromatic N) is 5. The molecule has 0 bridgehead atoms. The van der Waals surface area contributed by atoms with E-state index in [1.807, 2.05) is 16.5 Å². The molecule has 1 fully saturated rings. The molecular formula is C17H19N5O2S. The Morgan fingerprint density at radius 1 is 1.28 bits per heavy atom. The van der Waals surface area contributed by atoms with Crippen LogP contribution >= 0.6 is 11.8 Å². The Hall–Kier alpha value is -2.19. The minimum atomic E-state index is 0.0877. The van der Waals surface area contributed by atoms with Crippen molar-refractivity contribution in [2.45, 2.75) is 12.1 Å². The number of benzene rings is 1. The van der Waals surface area contributed by atoms with Crippen molar-refractivity contribution in [3.05, 3.63) is 23.8 Å². The van der Waals surface area contributed by atoms with Crippen LogP contribution in [0.4, 0.5) is 0 Å². The van der Waals surface area contributed by atoms with Gasteiger partial charge in [-0.1, -0.05) is 23.4 Å². The van der Waals surface area contributed by atoms with Gasteiger partial charge in [-0.25, -0.2) is 4.98 Å². The molecule has 4 rings (SSSR count). The van der Waals surface area contributed by atoms with E-state index in [-0.39, 0.29) is 5.91 Å². The lowest BCUT2D eigenvalue weighted by molar-refractivity contribution is -0.132. The number of morpholine rings is 1. The minimum Gasteiger partial charge on any atom is -0.378 e. The van der Waals surface area contributed by atoms with Gasteiger partial charge in [0, 0.05) is 25.5 Å². The van der Waals surface area contributed by atoms with Crippen LogP contribution in [0.15, 0.2) is 23.4 Å². The highest BCUT2D eigenvalue weighted by molar-refractivity contribution is 7.99. The molecule has 1 aliphatic rings. The fraction of sp³-hybridized carbons (Fsp3) is 0.412. The van der Waals surface area contributed by atoms with Crippen molar-refractivity contribution in [1.29, 1.82) is 0 Å². The Morgan fingerprint density at radius 3 is 2.88 bits per heavy atom. The van der Waals surface area contributed by atoms with E-state index in [9.17, 15) is 4.79 Å².